The van der Waals surface area contributed by atoms with Crippen LogP contribution >= 0.6 is 0 Å². The summed E-state index contributed by atoms with van der Waals surface area (Å²) >= 11 is 0. The normalized spacial score (nSPS) is 11.2. The smallest absolute Gasteiger partial charge is 0.387 e. The van der Waals surface area contributed by atoms with Gasteiger partial charge in [0, 0.05) is 22.7 Å². The number of para-hydroxylation sites is 1. The van der Waals surface area contributed by atoms with Gasteiger partial charge in [0.1, 0.15) is 29.4 Å². The van der Waals surface area contributed by atoms with Crippen LogP contribution in [0.4, 0.5) is 8.78 Å². The predicted octanol–water partition coefficient (Wildman–Crippen LogP) is 6.32. The molecule has 0 spiro atoms. The Morgan fingerprint density at radius 3 is 2.65 bits per heavy atom. The molecule has 1 aromatic heterocycles. The van der Waals surface area contributed by atoms with Crippen molar-refractivity contribution in [2.24, 2.45) is 0 Å². The second-order valence-electron chi connectivity index (χ2n) is 7.30. The SMILES string of the molecule is COc1ccc(/C=C/C(=O)c2cccc(OC(F)F)c2)cc1COc1cccc2cccnc12. The summed E-state index contributed by atoms with van der Waals surface area (Å²) in [6.07, 6.45) is 4.74. The lowest BCUT2D eigenvalue weighted by molar-refractivity contribution is -0.0498. The number of rotatable bonds is 9. The van der Waals surface area contributed by atoms with Crippen LogP contribution in [-0.4, -0.2) is 24.5 Å². The van der Waals surface area contributed by atoms with Crippen LogP contribution in [0.1, 0.15) is 21.5 Å². The number of ketones is 1. The summed E-state index contributed by atoms with van der Waals surface area (Å²) in [6.45, 7) is -2.72. The lowest BCUT2D eigenvalue weighted by Gasteiger charge is -2.12. The number of carbonyl (C=O) groups excluding carboxylic acids is 1. The second-order valence-corrected chi connectivity index (χ2v) is 7.30. The molecule has 0 amide bonds. The van der Waals surface area contributed by atoms with Crippen LogP contribution in [0.2, 0.25) is 0 Å². The quantitative estimate of drug-likeness (QED) is 0.216. The maximum absolute atomic E-state index is 12.5. The zero-order chi connectivity index (χ0) is 23.9. The van der Waals surface area contributed by atoms with E-state index in [1.54, 1.807) is 25.4 Å². The summed E-state index contributed by atoms with van der Waals surface area (Å²) in [5.41, 5.74) is 2.56. The van der Waals surface area contributed by atoms with E-state index in [4.69, 9.17) is 9.47 Å². The van der Waals surface area contributed by atoms with Gasteiger partial charge in [0.25, 0.3) is 0 Å². The number of methoxy groups -OCH3 is 1. The average molecular weight is 461 g/mol. The van der Waals surface area contributed by atoms with E-state index >= 15 is 0 Å². The van der Waals surface area contributed by atoms with Gasteiger partial charge in [0.15, 0.2) is 5.78 Å². The fraction of sp³-hybridized carbons (Fsp3) is 0.111. The highest BCUT2D eigenvalue weighted by molar-refractivity contribution is 6.07. The van der Waals surface area contributed by atoms with Crippen molar-refractivity contribution >= 4 is 22.8 Å². The molecular formula is C27H21F2NO4. The highest BCUT2D eigenvalue weighted by atomic mass is 19.3. The van der Waals surface area contributed by atoms with Gasteiger partial charge in [-0.1, -0.05) is 42.5 Å². The highest BCUT2D eigenvalue weighted by Crippen LogP contribution is 2.27. The number of pyridine rings is 1. The molecule has 172 valence electrons. The molecule has 0 fully saturated rings. The zero-order valence-electron chi connectivity index (χ0n) is 18.3. The Labute approximate surface area is 195 Å². The third-order valence-corrected chi connectivity index (χ3v) is 5.05. The molecule has 0 saturated heterocycles. The number of hydrogen-bond acceptors (Lipinski definition) is 5. The monoisotopic (exact) mass is 461 g/mol. The molecule has 34 heavy (non-hydrogen) atoms. The molecule has 1 heterocycles. The lowest BCUT2D eigenvalue weighted by Crippen LogP contribution is -2.03. The first-order chi connectivity index (χ1) is 16.5. The summed E-state index contributed by atoms with van der Waals surface area (Å²) in [4.78, 5) is 16.9. The van der Waals surface area contributed by atoms with Crippen molar-refractivity contribution in [3.63, 3.8) is 0 Å². The fourth-order valence-electron chi connectivity index (χ4n) is 3.46. The number of halogens is 2. The second kappa shape index (κ2) is 10.6. The van der Waals surface area contributed by atoms with Crippen molar-refractivity contribution in [1.29, 1.82) is 0 Å². The first-order valence-corrected chi connectivity index (χ1v) is 10.4. The molecule has 0 aliphatic carbocycles. The molecule has 5 nitrogen and oxygen atoms in total. The van der Waals surface area contributed by atoms with Crippen molar-refractivity contribution in [1.82, 2.24) is 4.98 Å². The molecule has 0 N–H and O–H groups in total. The average Bonchev–Trinajstić information content (AvgIpc) is 2.85. The molecule has 4 aromatic rings. The molecule has 4 rings (SSSR count). The van der Waals surface area contributed by atoms with E-state index in [1.165, 1.54) is 30.3 Å². The zero-order valence-corrected chi connectivity index (χ0v) is 18.3. The summed E-state index contributed by atoms with van der Waals surface area (Å²) in [6, 6.07) is 20.7. The Bertz CT molecular complexity index is 1330. The molecule has 0 radical (unpaired) electrons. The number of allylic oxidation sites excluding steroid dienone is 1. The summed E-state index contributed by atoms with van der Waals surface area (Å²) < 4.78 is 40.7. The van der Waals surface area contributed by atoms with Crippen LogP contribution in [-0.2, 0) is 6.61 Å². The van der Waals surface area contributed by atoms with E-state index in [0.29, 0.717) is 11.5 Å². The number of nitrogens with zero attached hydrogens (tertiary/aromatic N) is 1. The lowest BCUT2D eigenvalue weighted by atomic mass is 10.1. The van der Waals surface area contributed by atoms with Crippen LogP contribution in [0, 0.1) is 0 Å². The van der Waals surface area contributed by atoms with Crippen LogP contribution in [0.5, 0.6) is 17.2 Å². The maximum atomic E-state index is 12.5. The van der Waals surface area contributed by atoms with Gasteiger partial charge in [-0.2, -0.15) is 8.78 Å². The molecule has 7 heteroatoms. The van der Waals surface area contributed by atoms with Gasteiger partial charge in [-0.15, -0.1) is 0 Å². The molecule has 0 aliphatic heterocycles. The summed E-state index contributed by atoms with van der Waals surface area (Å²) in [5.74, 6) is 0.895. The molecule has 0 atom stereocenters. The highest BCUT2D eigenvalue weighted by Gasteiger charge is 2.10. The minimum atomic E-state index is -2.95. The number of benzene rings is 3. The predicted molar refractivity (Wildman–Crippen MR) is 126 cm³/mol. The Morgan fingerprint density at radius 2 is 1.82 bits per heavy atom. The molecule has 0 saturated carbocycles. The van der Waals surface area contributed by atoms with Crippen LogP contribution in [0.25, 0.3) is 17.0 Å². The van der Waals surface area contributed by atoms with Crippen LogP contribution in [0.15, 0.2) is 85.1 Å². The number of ether oxygens (including phenoxy) is 3. The molecule has 3 aromatic carbocycles. The van der Waals surface area contributed by atoms with Gasteiger partial charge in [0.2, 0.25) is 0 Å². The number of hydrogen-bond donors (Lipinski definition) is 0. The van der Waals surface area contributed by atoms with Crippen LogP contribution in [0.3, 0.4) is 0 Å². The minimum Gasteiger partial charge on any atom is -0.496 e. The van der Waals surface area contributed by atoms with Crippen molar-refractivity contribution in [3.05, 3.63) is 102 Å². The van der Waals surface area contributed by atoms with Crippen molar-refractivity contribution < 1.29 is 27.8 Å². The van der Waals surface area contributed by atoms with Crippen molar-refractivity contribution in [3.8, 4) is 17.2 Å². The van der Waals surface area contributed by atoms with Gasteiger partial charge in [-0.05, 0) is 48.0 Å². The molecule has 0 aliphatic rings. The Balaban J connectivity index is 1.51. The van der Waals surface area contributed by atoms with Crippen molar-refractivity contribution in [2.75, 3.05) is 7.11 Å². The number of fused-ring (bicyclic) bond motifs is 1. The largest absolute Gasteiger partial charge is 0.496 e. The summed E-state index contributed by atoms with van der Waals surface area (Å²) in [7, 11) is 1.58. The topological polar surface area (TPSA) is 57.7 Å². The van der Waals surface area contributed by atoms with Gasteiger partial charge in [-0.3, -0.25) is 9.78 Å². The third-order valence-electron chi connectivity index (χ3n) is 5.05. The fourth-order valence-corrected chi connectivity index (χ4v) is 3.46. The van der Waals surface area contributed by atoms with Crippen molar-refractivity contribution in [2.45, 2.75) is 13.2 Å². The summed E-state index contributed by atoms with van der Waals surface area (Å²) in [5, 5.41) is 0.977. The Morgan fingerprint density at radius 1 is 1.00 bits per heavy atom. The van der Waals surface area contributed by atoms with E-state index in [2.05, 4.69) is 9.72 Å². The van der Waals surface area contributed by atoms with E-state index in [0.717, 1.165) is 22.0 Å². The van der Waals surface area contributed by atoms with Gasteiger partial charge >= 0.3 is 6.61 Å². The Hall–Kier alpha value is -4.26. The molecule has 0 bridgehead atoms. The first-order valence-electron chi connectivity index (χ1n) is 10.4. The van der Waals surface area contributed by atoms with Crippen LogP contribution < -0.4 is 14.2 Å². The Kier molecular flexibility index (Phi) is 7.13. The van der Waals surface area contributed by atoms with E-state index in [1.807, 2.05) is 42.5 Å². The minimum absolute atomic E-state index is 0.0685. The molecule has 0 unspecified atom stereocenters. The first kappa shape index (κ1) is 22.9. The standard InChI is InChI=1S/C27H21F2NO4/c1-32-24-13-11-18(10-12-23(31)20-6-2-8-22(16-20)34-27(28)29)15-21(24)17-33-25-9-3-5-19-7-4-14-30-26(19)25/h2-16,27H,17H2,1H3/b12-10+. The third kappa shape index (κ3) is 5.56. The number of carbonyl (C=O) groups is 1. The van der Waals surface area contributed by atoms with E-state index in [-0.39, 0.29) is 23.7 Å². The van der Waals surface area contributed by atoms with E-state index in [9.17, 15) is 13.6 Å². The molecular weight excluding hydrogens is 440 g/mol. The van der Waals surface area contributed by atoms with Gasteiger partial charge < -0.3 is 14.2 Å². The van der Waals surface area contributed by atoms with E-state index < -0.39 is 6.61 Å². The number of aromatic nitrogens is 1. The number of alkyl halides is 2. The maximum Gasteiger partial charge on any atom is 0.387 e. The van der Waals surface area contributed by atoms with Gasteiger partial charge in [-0.25, -0.2) is 0 Å². The van der Waals surface area contributed by atoms with Gasteiger partial charge in [0.05, 0.1) is 7.11 Å².